The number of nitrogens with zero attached hydrogens (tertiary/aromatic N) is 6. The first kappa shape index (κ1) is 27.3. The standard InChI is InChI=1S/C26H35F2N7O/c1-7-26(16-35(8-2)23(36)15-22-31-33-34-32-22)13-12-18(25(26,4)5)17(3)14-21(30-29-6)24-19(27)10-9-11-20(24)28/h9-11,14,18H,3,7-8,12-13,15-16H2,1-2,4-6H3,(H,31,32,33,34)/b21-14-,30-29-/t18-,26+/m0/s1. The molecule has 3 rings (SSSR count). The highest BCUT2D eigenvalue weighted by Crippen LogP contribution is 2.60. The van der Waals surface area contributed by atoms with Gasteiger partial charge in [-0.1, -0.05) is 33.4 Å². The highest BCUT2D eigenvalue weighted by molar-refractivity contribution is 5.78. The Morgan fingerprint density at radius 1 is 1.31 bits per heavy atom. The van der Waals surface area contributed by atoms with E-state index in [-0.39, 0.29) is 40.3 Å². The number of carbonyl (C=O) groups is 1. The molecule has 1 aromatic heterocycles. The van der Waals surface area contributed by atoms with E-state index < -0.39 is 11.6 Å². The van der Waals surface area contributed by atoms with E-state index in [1.807, 2.05) is 11.8 Å². The second-order valence-corrected chi connectivity index (χ2v) is 9.88. The molecular formula is C26H35F2N7O. The topological polar surface area (TPSA) is 99.5 Å². The maximum absolute atomic E-state index is 14.5. The Morgan fingerprint density at radius 3 is 2.56 bits per heavy atom. The third kappa shape index (κ3) is 5.27. The summed E-state index contributed by atoms with van der Waals surface area (Å²) in [5, 5.41) is 21.4. The fraction of sp³-hybridized carbons (Fsp3) is 0.538. The largest absolute Gasteiger partial charge is 0.342 e. The molecule has 194 valence electrons. The van der Waals surface area contributed by atoms with Crippen LogP contribution in [0, 0.1) is 28.4 Å². The number of hydrogen-bond acceptors (Lipinski definition) is 6. The molecule has 1 heterocycles. The minimum Gasteiger partial charge on any atom is -0.342 e. The van der Waals surface area contributed by atoms with Gasteiger partial charge in [-0.25, -0.2) is 13.9 Å². The third-order valence-corrected chi connectivity index (χ3v) is 7.96. The van der Waals surface area contributed by atoms with Gasteiger partial charge in [0.05, 0.1) is 17.7 Å². The monoisotopic (exact) mass is 499 g/mol. The van der Waals surface area contributed by atoms with Crippen molar-refractivity contribution >= 4 is 11.6 Å². The maximum atomic E-state index is 14.5. The van der Waals surface area contributed by atoms with Gasteiger partial charge >= 0.3 is 0 Å². The number of likely N-dealkylation sites (N-methyl/N-ethyl adjacent to an activating group) is 1. The van der Waals surface area contributed by atoms with E-state index in [0.29, 0.717) is 18.9 Å². The molecule has 1 fully saturated rings. The summed E-state index contributed by atoms with van der Waals surface area (Å²) in [6, 6.07) is 3.72. The number of H-pyrrole nitrogens is 1. The number of benzene rings is 1. The highest BCUT2D eigenvalue weighted by Gasteiger charge is 2.54. The Kier molecular flexibility index (Phi) is 8.47. The van der Waals surface area contributed by atoms with Crippen LogP contribution in [0.3, 0.4) is 0 Å². The van der Waals surface area contributed by atoms with Crippen molar-refractivity contribution in [2.45, 2.75) is 53.4 Å². The Balaban J connectivity index is 1.88. The van der Waals surface area contributed by atoms with Gasteiger partial charge in [-0.05, 0) is 77.1 Å². The third-order valence-electron chi connectivity index (χ3n) is 7.96. The summed E-state index contributed by atoms with van der Waals surface area (Å²) >= 11 is 0. The first-order valence-electron chi connectivity index (χ1n) is 12.2. The van der Waals surface area contributed by atoms with Crippen LogP contribution >= 0.6 is 0 Å². The molecule has 1 N–H and O–H groups in total. The smallest absolute Gasteiger partial charge is 0.230 e. The van der Waals surface area contributed by atoms with Crippen molar-refractivity contribution in [2.75, 3.05) is 20.1 Å². The molecule has 1 aliphatic carbocycles. The number of tetrazole rings is 1. The van der Waals surface area contributed by atoms with Crippen molar-refractivity contribution < 1.29 is 13.6 Å². The van der Waals surface area contributed by atoms with Crippen LogP contribution < -0.4 is 0 Å². The summed E-state index contributed by atoms with van der Waals surface area (Å²) in [7, 11) is 1.46. The van der Waals surface area contributed by atoms with Gasteiger partial charge in [-0.3, -0.25) is 4.79 Å². The van der Waals surface area contributed by atoms with Gasteiger partial charge in [-0.2, -0.15) is 10.2 Å². The highest BCUT2D eigenvalue weighted by atomic mass is 19.1. The van der Waals surface area contributed by atoms with Crippen LogP contribution in [-0.2, 0) is 11.2 Å². The van der Waals surface area contributed by atoms with E-state index in [1.54, 1.807) is 6.08 Å². The molecule has 1 aromatic carbocycles. The predicted molar refractivity (Wildman–Crippen MR) is 134 cm³/mol. The minimum atomic E-state index is -0.700. The second-order valence-electron chi connectivity index (χ2n) is 9.88. The van der Waals surface area contributed by atoms with Gasteiger partial charge in [0.15, 0.2) is 5.82 Å². The maximum Gasteiger partial charge on any atom is 0.230 e. The molecule has 2 atom stereocenters. The van der Waals surface area contributed by atoms with Gasteiger partial charge in [0, 0.05) is 20.1 Å². The van der Waals surface area contributed by atoms with Crippen LogP contribution in [-0.4, -0.2) is 51.6 Å². The Labute approximate surface area is 211 Å². The lowest BCUT2D eigenvalue weighted by atomic mass is 9.61. The Bertz CT molecular complexity index is 1120. The zero-order chi connectivity index (χ0) is 26.5. The molecule has 2 aromatic rings. The van der Waals surface area contributed by atoms with Crippen molar-refractivity contribution in [3.05, 3.63) is 59.4 Å². The summed E-state index contributed by atoms with van der Waals surface area (Å²) in [6.45, 7) is 13.9. The van der Waals surface area contributed by atoms with E-state index in [1.165, 1.54) is 25.2 Å². The molecular weight excluding hydrogens is 464 g/mol. The lowest BCUT2D eigenvalue weighted by molar-refractivity contribution is -0.133. The van der Waals surface area contributed by atoms with Crippen molar-refractivity contribution in [1.82, 2.24) is 25.5 Å². The van der Waals surface area contributed by atoms with E-state index in [0.717, 1.165) is 24.8 Å². The van der Waals surface area contributed by atoms with E-state index >= 15 is 0 Å². The lowest BCUT2D eigenvalue weighted by Crippen LogP contribution is -2.48. The Morgan fingerprint density at radius 2 is 2.00 bits per heavy atom. The van der Waals surface area contributed by atoms with Gasteiger partial charge in [0.1, 0.15) is 11.6 Å². The average Bonchev–Trinajstić information content (AvgIpc) is 3.42. The number of aromatic amines is 1. The summed E-state index contributed by atoms with van der Waals surface area (Å²) in [5.74, 6) is -0.976. The number of carbonyl (C=O) groups excluding carboxylic acids is 1. The van der Waals surface area contributed by atoms with E-state index in [4.69, 9.17) is 0 Å². The summed E-state index contributed by atoms with van der Waals surface area (Å²) in [4.78, 5) is 14.9. The quantitative estimate of drug-likeness (QED) is 0.350. The predicted octanol–water partition coefficient (Wildman–Crippen LogP) is 5.38. The van der Waals surface area contributed by atoms with Gasteiger partial charge in [0.2, 0.25) is 5.91 Å². The molecule has 0 saturated heterocycles. The number of aromatic nitrogens is 4. The zero-order valence-electron chi connectivity index (χ0n) is 21.7. The molecule has 0 bridgehead atoms. The number of nitrogens with one attached hydrogen (secondary N) is 1. The number of hydrogen-bond donors (Lipinski definition) is 1. The summed E-state index contributed by atoms with van der Waals surface area (Å²) in [5.41, 5.74) is 0.206. The van der Waals surface area contributed by atoms with Crippen molar-refractivity contribution in [1.29, 1.82) is 0 Å². The SMILES string of the molecule is C=C(/C=C(\N=N/C)c1c(F)cccc1F)[C@@H]1CC[C@](CC)(CN(CC)C(=O)Cc2nnn[nH]2)C1(C)C. The molecule has 0 unspecified atom stereocenters. The zero-order valence-corrected chi connectivity index (χ0v) is 21.7. The van der Waals surface area contributed by atoms with E-state index in [9.17, 15) is 13.6 Å². The van der Waals surface area contributed by atoms with Crippen molar-refractivity contribution in [2.24, 2.45) is 27.0 Å². The molecule has 0 radical (unpaired) electrons. The minimum absolute atomic E-state index is 0.0293. The molecule has 1 amide bonds. The fourth-order valence-corrected chi connectivity index (χ4v) is 5.68. The van der Waals surface area contributed by atoms with E-state index in [2.05, 4.69) is 58.2 Å². The lowest BCUT2D eigenvalue weighted by Gasteiger charge is -2.47. The number of rotatable bonds is 10. The van der Waals surface area contributed by atoms with Gasteiger partial charge < -0.3 is 4.90 Å². The normalized spacial score (nSPS) is 21.8. The number of halogens is 2. The molecule has 10 heteroatoms. The van der Waals surface area contributed by atoms with Gasteiger partial charge in [0.25, 0.3) is 0 Å². The first-order chi connectivity index (χ1) is 17.1. The summed E-state index contributed by atoms with van der Waals surface area (Å²) in [6.07, 6.45) is 4.35. The van der Waals surface area contributed by atoms with Crippen molar-refractivity contribution in [3.8, 4) is 0 Å². The Hall–Kier alpha value is -3.30. The van der Waals surface area contributed by atoms with Crippen LogP contribution in [0.5, 0.6) is 0 Å². The van der Waals surface area contributed by atoms with Crippen molar-refractivity contribution in [3.63, 3.8) is 0 Å². The molecule has 36 heavy (non-hydrogen) atoms. The molecule has 0 spiro atoms. The number of amides is 1. The fourth-order valence-electron chi connectivity index (χ4n) is 5.68. The average molecular weight is 500 g/mol. The van der Waals surface area contributed by atoms with Crippen LogP contribution in [0.25, 0.3) is 5.70 Å². The molecule has 1 aliphatic rings. The summed E-state index contributed by atoms with van der Waals surface area (Å²) < 4.78 is 29.0. The van der Waals surface area contributed by atoms with Crippen LogP contribution in [0.2, 0.25) is 0 Å². The van der Waals surface area contributed by atoms with Crippen LogP contribution in [0.15, 0.2) is 46.7 Å². The molecule has 0 aliphatic heterocycles. The first-order valence-corrected chi connectivity index (χ1v) is 12.2. The van der Waals surface area contributed by atoms with Crippen LogP contribution in [0.1, 0.15) is 58.3 Å². The van der Waals surface area contributed by atoms with Gasteiger partial charge in [-0.15, -0.1) is 5.10 Å². The number of azo groups is 1. The molecule has 8 nitrogen and oxygen atoms in total. The van der Waals surface area contributed by atoms with Crippen LogP contribution in [0.4, 0.5) is 8.78 Å². The molecule has 1 saturated carbocycles. The second kappa shape index (κ2) is 11.2. The number of allylic oxidation sites excluding steroid dienone is 2.